The Kier molecular flexibility index (Phi) is 8.46. The van der Waals surface area contributed by atoms with Crippen molar-refractivity contribution in [3.63, 3.8) is 0 Å². The van der Waals surface area contributed by atoms with E-state index in [9.17, 15) is 9.90 Å². The van der Waals surface area contributed by atoms with E-state index >= 15 is 0 Å². The summed E-state index contributed by atoms with van der Waals surface area (Å²) in [4.78, 5) is 13.2. The smallest absolute Gasteiger partial charge is 0.281 e. The highest BCUT2D eigenvalue weighted by Gasteiger charge is 2.39. The Morgan fingerprint density at radius 3 is 2.16 bits per heavy atom. The summed E-state index contributed by atoms with van der Waals surface area (Å²) in [5, 5.41) is 16.6. The zero-order chi connectivity index (χ0) is 26.3. The lowest BCUT2D eigenvalue weighted by Crippen LogP contribution is -2.43. The van der Waals surface area contributed by atoms with E-state index in [0.29, 0.717) is 38.2 Å². The minimum absolute atomic E-state index is 0.230. The first-order valence-corrected chi connectivity index (χ1v) is 12.1. The van der Waals surface area contributed by atoms with Crippen LogP contribution in [0.2, 0.25) is 10.0 Å². The number of nitrogens with zero attached hydrogens (tertiary/aromatic N) is 1. The number of carbonyl (C=O) groups is 1. The van der Waals surface area contributed by atoms with Crippen molar-refractivity contribution < 1.29 is 19.4 Å². The second-order valence-corrected chi connectivity index (χ2v) is 8.92. The summed E-state index contributed by atoms with van der Waals surface area (Å²) in [5.41, 5.74) is 2.83. The molecule has 4 aromatic rings. The number of carbonyl (C=O) groups excluding carboxylic acids is 1. The number of nitrogens with one attached hydrogen (secondary N) is 1. The number of methoxy groups -OCH3 is 1. The molecule has 4 aromatic carbocycles. The zero-order valence-corrected chi connectivity index (χ0v) is 21.4. The number of hydrazone groups is 1. The van der Waals surface area contributed by atoms with Gasteiger partial charge in [-0.25, -0.2) is 5.43 Å². The number of amides is 1. The molecule has 0 aliphatic heterocycles. The molecular formula is C29H24Cl2N2O4. The molecule has 2 N–H and O–H groups in total. The average molecular weight is 535 g/mol. The molecule has 0 bridgehead atoms. The van der Waals surface area contributed by atoms with Gasteiger partial charge in [-0.2, -0.15) is 5.10 Å². The van der Waals surface area contributed by atoms with Gasteiger partial charge in [0.25, 0.3) is 5.91 Å². The van der Waals surface area contributed by atoms with Gasteiger partial charge in [-0.05, 0) is 47.0 Å². The molecule has 0 atom stereocenters. The van der Waals surface area contributed by atoms with Crippen LogP contribution in [0.5, 0.6) is 11.5 Å². The third-order valence-corrected chi connectivity index (χ3v) is 6.26. The van der Waals surface area contributed by atoms with Crippen molar-refractivity contribution in [1.29, 1.82) is 0 Å². The van der Waals surface area contributed by atoms with Gasteiger partial charge in [-0.15, -0.1) is 0 Å². The van der Waals surface area contributed by atoms with Crippen LogP contribution in [0.4, 0.5) is 0 Å². The fourth-order valence-electron chi connectivity index (χ4n) is 3.71. The Morgan fingerprint density at radius 1 is 0.919 bits per heavy atom. The number of aliphatic hydroxyl groups is 1. The van der Waals surface area contributed by atoms with E-state index in [1.54, 1.807) is 84.9 Å². The van der Waals surface area contributed by atoms with Crippen molar-refractivity contribution >= 4 is 35.3 Å². The molecule has 0 radical (unpaired) electrons. The molecule has 0 aliphatic carbocycles. The molecule has 0 heterocycles. The molecule has 8 heteroatoms. The first kappa shape index (κ1) is 26.2. The van der Waals surface area contributed by atoms with Crippen molar-refractivity contribution in [2.45, 2.75) is 12.2 Å². The normalized spacial score (nSPS) is 11.4. The van der Waals surface area contributed by atoms with Crippen LogP contribution in [-0.2, 0) is 17.0 Å². The van der Waals surface area contributed by atoms with Crippen LogP contribution in [0, 0.1) is 0 Å². The van der Waals surface area contributed by atoms with Crippen LogP contribution in [0.3, 0.4) is 0 Å². The lowest BCUT2D eigenvalue weighted by molar-refractivity contribution is -0.136. The van der Waals surface area contributed by atoms with E-state index < -0.39 is 11.5 Å². The highest BCUT2D eigenvalue weighted by Crippen LogP contribution is 2.31. The monoisotopic (exact) mass is 534 g/mol. The lowest BCUT2D eigenvalue weighted by atomic mass is 9.85. The maximum absolute atomic E-state index is 13.2. The first-order valence-electron chi connectivity index (χ1n) is 11.3. The number of halogens is 2. The van der Waals surface area contributed by atoms with E-state index in [4.69, 9.17) is 32.7 Å². The number of rotatable bonds is 9. The molecule has 0 saturated carbocycles. The van der Waals surface area contributed by atoms with Crippen LogP contribution in [-0.4, -0.2) is 24.3 Å². The Bertz CT molecular complexity index is 1360. The number of hydrogen-bond donors (Lipinski definition) is 2. The van der Waals surface area contributed by atoms with Crippen LogP contribution in [0.15, 0.2) is 102 Å². The third kappa shape index (κ3) is 6.12. The van der Waals surface area contributed by atoms with Gasteiger partial charge in [-0.3, -0.25) is 4.79 Å². The maximum atomic E-state index is 13.2. The summed E-state index contributed by atoms with van der Waals surface area (Å²) in [5.74, 6) is 0.301. The van der Waals surface area contributed by atoms with Gasteiger partial charge in [0.2, 0.25) is 0 Å². The van der Waals surface area contributed by atoms with Crippen LogP contribution >= 0.6 is 23.2 Å². The fraction of sp³-hybridized carbons (Fsp3) is 0.103. The van der Waals surface area contributed by atoms with E-state index in [1.165, 1.54) is 13.3 Å². The SMILES string of the molecule is COc1cc(/C=N\NC(=O)C(O)(c2ccccc2)c2ccccc2)ccc1OCc1ccc(Cl)cc1Cl. The predicted molar refractivity (Wildman–Crippen MR) is 145 cm³/mol. The van der Waals surface area contributed by atoms with Crippen LogP contribution in [0.25, 0.3) is 0 Å². The average Bonchev–Trinajstić information content (AvgIpc) is 2.93. The summed E-state index contributed by atoms with van der Waals surface area (Å²) >= 11 is 12.2. The van der Waals surface area contributed by atoms with Gasteiger partial charge >= 0.3 is 0 Å². The summed E-state index contributed by atoms with van der Waals surface area (Å²) in [6, 6.07) is 27.8. The Hall–Kier alpha value is -3.84. The number of benzene rings is 4. The van der Waals surface area contributed by atoms with E-state index in [0.717, 1.165) is 5.56 Å². The van der Waals surface area contributed by atoms with Crippen molar-refractivity contribution in [1.82, 2.24) is 5.43 Å². The number of ether oxygens (including phenoxy) is 2. The Balaban J connectivity index is 1.48. The first-order chi connectivity index (χ1) is 17.9. The molecule has 0 aliphatic rings. The number of hydrogen-bond acceptors (Lipinski definition) is 5. The molecular weight excluding hydrogens is 511 g/mol. The Labute approximate surface area is 225 Å². The molecule has 1 amide bonds. The lowest BCUT2D eigenvalue weighted by Gasteiger charge is -2.27. The van der Waals surface area contributed by atoms with Crippen LogP contribution in [0.1, 0.15) is 22.3 Å². The zero-order valence-electron chi connectivity index (χ0n) is 19.9. The van der Waals surface area contributed by atoms with E-state index in [1.807, 2.05) is 12.1 Å². The summed E-state index contributed by atoms with van der Waals surface area (Å²) in [7, 11) is 1.53. The van der Waals surface area contributed by atoms with Gasteiger partial charge in [-0.1, -0.05) is 89.9 Å². The van der Waals surface area contributed by atoms with Gasteiger partial charge in [0.15, 0.2) is 17.1 Å². The molecule has 0 saturated heterocycles. The molecule has 0 spiro atoms. The van der Waals surface area contributed by atoms with Gasteiger partial charge in [0.1, 0.15) is 6.61 Å². The topological polar surface area (TPSA) is 80.2 Å². The summed E-state index contributed by atoms with van der Waals surface area (Å²) < 4.78 is 11.3. The van der Waals surface area contributed by atoms with Gasteiger partial charge in [0, 0.05) is 15.6 Å². The molecule has 0 fully saturated rings. The standard InChI is InChI=1S/C29H24Cl2N2O4/c1-36-27-16-20(12-15-26(27)37-19-21-13-14-24(30)17-25(21)31)18-32-33-28(34)29(35,22-8-4-2-5-9-22)23-10-6-3-7-11-23/h2-18,35H,19H2,1H3,(H,33,34)/b32-18-. The largest absolute Gasteiger partial charge is 0.493 e. The molecule has 37 heavy (non-hydrogen) atoms. The fourth-order valence-corrected chi connectivity index (χ4v) is 4.17. The van der Waals surface area contributed by atoms with Gasteiger partial charge < -0.3 is 14.6 Å². The van der Waals surface area contributed by atoms with E-state index in [2.05, 4.69) is 10.5 Å². The maximum Gasteiger partial charge on any atom is 0.281 e. The molecule has 4 rings (SSSR count). The Morgan fingerprint density at radius 2 is 1.57 bits per heavy atom. The van der Waals surface area contributed by atoms with Crippen molar-refractivity contribution in [2.75, 3.05) is 7.11 Å². The quantitative estimate of drug-likeness (QED) is 0.205. The minimum atomic E-state index is -1.92. The second-order valence-electron chi connectivity index (χ2n) is 8.08. The third-order valence-electron chi connectivity index (χ3n) is 5.68. The molecule has 0 aromatic heterocycles. The summed E-state index contributed by atoms with van der Waals surface area (Å²) in [6.45, 7) is 0.230. The van der Waals surface area contributed by atoms with E-state index in [-0.39, 0.29) is 6.61 Å². The molecule has 6 nitrogen and oxygen atoms in total. The predicted octanol–water partition coefficient (Wildman–Crippen LogP) is 5.97. The van der Waals surface area contributed by atoms with Crippen LogP contribution < -0.4 is 14.9 Å². The summed E-state index contributed by atoms with van der Waals surface area (Å²) in [6.07, 6.45) is 1.46. The molecule has 0 unspecified atom stereocenters. The second kappa shape index (κ2) is 11.9. The highest BCUT2D eigenvalue weighted by atomic mass is 35.5. The minimum Gasteiger partial charge on any atom is -0.493 e. The van der Waals surface area contributed by atoms with Crippen molar-refractivity contribution in [3.05, 3.63) is 129 Å². The van der Waals surface area contributed by atoms with Gasteiger partial charge in [0.05, 0.1) is 13.3 Å². The van der Waals surface area contributed by atoms with Crippen molar-refractivity contribution in [3.8, 4) is 11.5 Å². The highest BCUT2D eigenvalue weighted by molar-refractivity contribution is 6.35. The molecule has 188 valence electrons. The van der Waals surface area contributed by atoms with Crippen molar-refractivity contribution in [2.24, 2.45) is 5.10 Å².